The molecule has 0 saturated carbocycles. The van der Waals surface area contributed by atoms with Gasteiger partial charge in [-0.05, 0) is 72.6 Å². The van der Waals surface area contributed by atoms with Crippen LogP contribution in [0.2, 0.25) is 18.1 Å². The molecule has 27 heavy (non-hydrogen) atoms. The van der Waals surface area contributed by atoms with E-state index in [1.54, 1.807) is 28.8 Å². The van der Waals surface area contributed by atoms with Crippen molar-refractivity contribution >= 4 is 54.3 Å². The van der Waals surface area contributed by atoms with Crippen molar-refractivity contribution in [1.82, 2.24) is 10.6 Å². The molecule has 0 aliphatic rings. The molecule has 0 aliphatic heterocycles. The third kappa shape index (κ3) is 10.9. The summed E-state index contributed by atoms with van der Waals surface area (Å²) in [4.78, 5) is 23.0. The van der Waals surface area contributed by atoms with Crippen LogP contribution in [0.3, 0.4) is 0 Å². The van der Waals surface area contributed by atoms with E-state index in [1.807, 2.05) is 25.0 Å². The zero-order chi connectivity index (χ0) is 21.3. The highest BCUT2D eigenvalue weighted by molar-refractivity contribution is 14.1. The van der Waals surface area contributed by atoms with Gasteiger partial charge in [-0.2, -0.15) is 0 Å². The Bertz CT molecular complexity index is 617. The molecule has 0 aromatic rings. The summed E-state index contributed by atoms with van der Waals surface area (Å²) in [6.07, 6.45) is 11.6. The summed E-state index contributed by atoms with van der Waals surface area (Å²) in [5, 5.41) is 5.85. The Kier molecular flexibility index (Phi) is 11.5. The molecule has 0 unspecified atom stereocenters. The number of nitrogens with one attached hydrogen (secondary N) is 2. The maximum atomic E-state index is 11.9. The molecule has 0 heterocycles. The van der Waals surface area contributed by atoms with Gasteiger partial charge in [0.25, 0.3) is 11.8 Å². The topological polar surface area (TPSA) is 67.4 Å². The van der Waals surface area contributed by atoms with Gasteiger partial charge in [0.1, 0.15) is 0 Å². The Hall–Kier alpha value is -0.823. The van der Waals surface area contributed by atoms with Crippen LogP contribution in [0.15, 0.2) is 23.4 Å². The minimum absolute atomic E-state index is 0.0238. The third-order valence-corrected chi connectivity index (χ3v) is 9.86. The molecule has 0 aromatic carbocycles. The Balaban J connectivity index is 4.83. The van der Waals surface area contributed by atoms with E-state index in [2.05, 4.69) is 44.5 Å². The van der Waals surface area contributed by atoms with Gasteiger partial charge in [0, 0.05) is 5.03 Å². The number of rotatable bonds is 9. The highest BCUT2D eigenvalue weighted by atomic mass is 127. The van der Waals surface area contributed by atoms with Crippen molar-refractivity contribution < 1.29 is 14.0 Å². The van der Waals surface area contributed by atoms with Crippen molar-refractivity contribution in [3.05, 3.63) is 23.4 Å². The second-order valence-electron chi connectivity index (χ2n) is 7.65. The van der Waals surface area contributed by atoms with Crippen LogP contribution in [0.5, 0.6) is 0 Å². The number of hydrogen-bond donors (Lipinski definition) is 2. The van der Waals surface area contributed by atoms with Crippen molar-refractivity contribution in [1.29, 1.82) is 0 Å². The van der Waals surface area contributed by atoms with Gasteiger partial charge in [-0.1, -0.05) is 44.5 Å². The van der Waals surface area contributed by atoms with Crippen LogP contribution in [0.4, 0.5) is 0 Å². The summed E-state index contributed by atoms with van der Waals surface area (Å²) < 4.78 is 5.73. The number of allylic oxidation sites excluding steroid dienone is 1. The van der Waals surface area contributed by atoms with E-state index in [-0.39, 0.29) is 17.0 Å². The van der Waals surface area contributed by atoms with Gasteiger partial charge in [-0.25, -0.2) is 0 Å². The number of halogens is 2. The largest absolute Gasteiger partial charge is 0.413 e. The second-order valence-corrected chi connectivity index (χ2v) is 14.3. The monoisotopic (exact) mass is 524 g/mol. The van der Waals surface area contributed by atoms with E-state index in [0.29, 0.717) is 12.8 Å². The SMILES string of the molecule is C#CC(=O)N[C@@H](I)C(=O)N/C=C\C[C@H](C/C=C(\C)Cl)O[Si](C)(C)C(C)(C)C. The predicted octanol–water partition coefficient (Wildman–Crippen LogP) is 4.44. The summed E-state index contributed by atoms with van der Waals surface area (Å²) in [5.41, 5.74) is 0. The van der Waals surface area contributed by atoms with E-state index in [1.165, 1.54) is 0 Å². The lowest BCUT2D eigenvalue weighted by Gasteiger charge is -2.39. The summed E-state index contributed by atoms with van der Waals surface area (Å²) in [7, 11) is -1.92. The van der Waals surface area contributed by atoms with Crippen LogP contribution in [-0.2, 0) is 14.0 Å². The van der Waals surface area contributed by atoms with E-state index in [4.69, 9.17) is 22.5 Å². The Morgan fingerprint density at radius 1 is 1.33 bits per heavy atom. The van der Waals surface area contributed by atoms with Crippen LogP contribution in [0.25, 0.3) is 0 Å². The zero-order valence-corrected chi connectivity index (χ0v) is 20.8. The smallest absolute Gasteiger partial charge is 0.296 e. The molecule has 0 saturated heterocycles. The molecule has 0 bridgehead atoms. The van der Waals surface area contributed by atoms with Crippen LogP contribution in [0.1, 0.15) is 40.5 Å². The fourth-order valence-corrected chi connectivity index (χ4v) is 3.67. The molecule has 8 heteroatoms. The first-order chi connectivity index (χ1) is 12.3. The van der Waals surface area contributed by atoms with Crippen LogP contribution in [-0.4, -0.2) is 30.3 Å². The first-order valence-corrected chi connectivity index (χ1v) is 13.2. The van der Waals surface area contributed by atoms with Gasteiger partial charge in [0.15, 0.2) is 12.4 Å². The highest BCUT2D eigenvalue weighted by Gasteiger charge is 2.38. The van der Waals surface area contributed by atoms with Gasteiger partial charge < -0.3 is 15.1 Å². The average Bonchev–Trinajstić information content (AvgIpc) is 2.54. The molecule has 2 amide bonds. The standard InChI is InChI=1S/C19H30ClIN2O3Si/c1-8-16(24)23-17(21)18(25)22-13-9-10-15(12-11-14(2)20)26-27(6,7)19(3,4)5/h1,9,11,13,15,17H,10,12H2,2-7H3,(H,22,25)(H,23,24)/b13-9-,14-11+/t15-,17-/m1/s1. The van der Waals surface area contributed by atoms with Crippen molar-refractivity contribution in [2.45, 2.75) is 68.8 Å². The molecular weight excluding hydrogens is 495 g/mol. The number of carbonyl (C=O) groups excluding carboxylic acids is 2. The molecule has 2 N–H and O–H groups in total. The van der Waals surface area contributed by atoms with Gasteiger partial charge in [-0.3, -0.25) is 9.59 Å². The molecule has 0 radical (unpaired) electrons. The van der Waals surface area contributed by atoms with E-state index in [9.17, 15) is 9.59 Å². The molecule has 152 valence electrons. The number of amides is 2. The number of carbonyl (C=O) groups is 2. The van der Waals surface area contributed by atoms with Crippen molar-refractivity contribution in [2.75, 3.05) is 0 Å². The van der Waals surface area contributed by atoms with Crippen LogP contribution in [0, 0.1) is 12.3 Å². The van der Waals surface area contributed by atoms with Crippen molar-refractivity contribution in [3.8, 4) is 12.3 Å². The van der Waals surface area contributed by atoms with Gasteiger partial charge in [0.2, 0.25) is 0 Å². The Labute approximate surface area is 183 Å². The zero-order valence-electron chi connectivity index (χ0n) is 16.9. The molecule has 0 aliphatic carbocycles. The fraction of sp³-hybridized carbons (Fsp3) is 0.579. The number of terminal acetylenes is 1. The molecule has 2 atom stereocenters. The van der Waals surface area contributed by atoms with Crippen LogP contribution < -0.4 is 10.6 Å². The van der Waals surface area contributed by atoms with E-state index >= 15 is 0 Å². The molecular formula is C19H30ClIN2O3Si. The molecule has 0 aromatic heterocycles. The number of hydrogen-bond acceptors (Lipinski definition) is 3. The third-order valence-electron chi connectivity index (χ3n) is 4.29. The highest BCUT2D eigenvalue weighted by Crippen LogP contribution is 2.38. The minimum Gasteiger partial charge on any atom is -0.413 e. The lowest BCUT2D eigenvalue weighted by atomic mass is 10.2. The average molecular weight is 525 g/mol. The minimum atomic E-state index is -1.92. The summed E-state index contributed by atoms with van der Waals surface area (Å²) >= 11 is 7.77. The first kappa shape index (κ1) is 26.2. The normalized spacial score (nSPS) is 15.1. The molecule has 0 rings (SSSR count). The maximum Gasteiger partial charge on any atom is 0.296 e. The predicted molar refractivity (Wildman–Crippen MR) is 123 cm³/mol. The number of alkyl halides is 1. The van der Waals surface area contributed by atoms with Crippen molar-refractivity contribution in [3.63, 3.8) is 0 Å². The first-order valence-electron chi connectivity index (χ1n) is 8.66. The summed E-state index contributed by atoms with van der Waals surface area (Å²) in [6.45, 7) is 12.8. The molecule has 5 nitrogen and oxygen atoms in total. The maximum absolute atomic E-state index is 11.9. The lowest BCUT2D eigenvalue weighted by Crippen LogP contribution is -2.43. The fourth-order valence-electron chi connectivity index (χ4n) is 1.74. The quantitative estimate of drug-likeness (QED) is 0.154. The van der Waals surface area contributed by atoms with E-state index in [0.717, 1.165) is 5.03 Å². The lowest BCUT2D eigenvalue weighted by molar-refractivity contribution is -0.123. The van der Waals surface area contributed by atoms with Gasteiger partial charge >= 0.3 is 0 Å². The molecule has 0 spiro atoms. The molecule has 0 fully saturated rings. The van der Waals surface area contributed by atoms with E-state index < -0.39 is 18.3 Å². The van der Waals surface area contributed by atoms with Gasteiger partial charge in [-0.15, -0.1) is 6.42 Å². The van der Waals surface area contributed by atoms with Gasteiger partial charge in [0.05, 0.1) is 6.10 Å². The van der Waals surface area contributed by atoms with Crippen molar-refractivity contribution in [2.24, 2.45) is 0 Å². The second kappa shape index (κ2) is 11.9. The Morgan fingerprint density at radius 2 is 1.93 bits per heavy atom. The Morgan fingerprint density at radius 3 is 2.41 bits per heavy atom. The summed E-state index contributed by atoms with van der Waals surface area (Å²) in [5.74, 6) is 0.930. The summed E-state index contributed by atoms with van der Waals surface area (Å²) in [6, 6.07) is 0. The van der Waals surface area contributed by atoms with Crippen LogP contribution >= 0.6 is 34.2 Å².